The molecule has 0 fully saturated rings. The van der Waals surface area contributed by atoms with Crippen molar-refractivity contribution in [1.29, 1.82) is 0 Å². The zero-order valence-corrected chi connectivity index (χ0v) is 9.82. The quantitative estimate of drug-likeness (QED) is 0.588. The Morgan fingerprint density at radius 2 is 1.50 bits per heavy atom. The third-order valence-corrected chi connectivity index (χ3v) is 2.88. The number of fused-ring (bicyclic) bond motifs is 1. The molecular weight excluding hydrogens is 192 g/mol. The smallest absolute Gasteiger partial charge is 0.0151 e. The second-order valence-corrected chi connectivity index (χ2v) is 4.13. The summed E-state index contributed by atoms with van der Waals surface area (Å²) in [5.74, 6) is 0. The minimum absolute atomic E-state index is 1.29. The Labute approximate surface area is 97.9 Å². The molecule has 1 aromatic rings. The predicted octanol–water partition coefficient (Wildman–Crippen LogP) is 4.70. The predicted molar refractivity (Wildman–Crippen MR) is 70.5 cm³/mol. The van der Waals surface area contributed by atoms with Crippen molar-refractivity contribution in [3.63, 3.8) is 0 Å². The van der Waals surface area contributed by atoms with Gasteiger partial charge in [-0.25, -0.2) is 0 Å². The lowest BCUT2D eigenvalue weighted by molar-refractivity contribution is 0.792. The molecule has 0 spiro atoms. The molecule has 0 bridgehead atoms. The fourth-order valence-electron chi connectivity index (χ4n) is 1.83. The van der Waals surface area contributed by atoms with E-state index in [2.05, 4.69) is 25.1 Å². The van der Waals surface area contributed by atoms with Crippen LogP contribution in [0.25, 0.3) is 11.1 Å². The topological polar surface area (TPSA) is 0 Å². The van der Waals surface area contributed by atoms with E-state index < -0.39 is 0 Å². The van der Waals surface area contributed by atoms with Gasteiger partial charge in [0.2, 0.25) is 0 Å². The summed E-state index contributed by atoms with van der Waals surface area (Å²) in [7, 11) is 0. The Morgan fingerprint density at radius 1 is 0.875 bits per heavy atom. The Balaban J connectivity index is 0.000000138. The molecule has 82 valence electrons. The lowest BCUT2D eigenvalue weighted by Gasteiger charge is -2.20. The summed E-state index contributed by atoms with van der Waals surface area (Å²) in [6, 6.07) is 18.7. The van der Waals surface area contributed by atoms with Crippen LogP contribution < -0.4 is 0 Å². The van der Waals surface area contributed by atoms with Crippen molar-refractivity contribution in [3.05, 3.63) is 60.2 Å². The summed E-state index contributed by atoms with van der Waals surface area (Å²) in [5.41, 5.74) is 4.60. The molecule has 0 saturated carbocycles. The lowest BCUT2D eigenvalue weighted by Crippen LogP contribution is -1.99. The van der Waals surface area contributed by atoms with Crippen LogP contribution in [0.15, 0.2) is 54.6 Å². The molecule has 0 aliphatic heterocycles. The maximum Gasteiger partial charge on any atom is -0.0151 e. The van der Waals surface area contributed by atoms with E-state index in [9.17, 15) is 0 Å². The molecule has 1 aromatic carbocycles. The highest BCUT2D eigenvalue weighted by molar-refractivity contribution is 5.80. The number of rotatable bonds is 3. The average molecular weight is 210 g/mol. The van der Waals surface area contributed by atoms with Gasteiger partial charge in [0.1, 0.15) is 0 Å². The summed E-state index contributed by atoms with van der Waals surface area (Å²) in [6.07, 6.45) is 3.94. The van der Waals surface area contributed by atoms with Crippen molar-refractivity contribution in [1.82, 2.24) is 0 Å². The van der Waals surface area contributed by atoms with E-state index in [1.54, 1.807) is 5.56 Å². The Bertz CT molecular complexity index is 402. The SMILES string of the molecule is CCCCc1cc2ccc1-2.c1ccccc1. The molecule has 16 heavy (non-hydrogen) atoms. The molecular formula is C16H18. The maximum atomic E-state index is 2.31. The molecule has 0 atom stereocenters. The first-order valence-electron chi connectivity index (χ1n) is 6.05. The second-order valence-electron chi connectivity index (χ2n) is 4.13. The van der Waals surface area contributed by atoms with Crippen molar-refractivity contribution in [2.75, 3.05) is 0 Å². The van der Waals surface area contributed by atoms with E-state index in [0.29, 0.717) is 0 Å². The first-order valence-corrected chi connectivity index (χ1v) is 6.05. The van der Waals surface area contributed by atoms with Gasteiger partial charge < -0.3 is 0 Å². The molecule has 0 saturated heterocycles. The molecule has 0 unspecified atom stereocenters. The van der Waals surface area contributed by atoms with Gasteiger partial charge in [0.25, 0.3) is 0 Å². The largest absolute Gasteiger partial charge is 0.0654 e. The fourth-order valence-corrected chi connectivity index (χ4v) is 1.83. The van der Waals surface area contributed by atoms with Gasteiger partial charge >= 0.3 is 0 Å². The normalized spacial score (nSPS) is 10.3. The van der Waals surface area contributed by atoms with Crippen LogP contribution >= 0.6 is 0 Å². The van der Waals surface area contributed by atoms with E-state index in [4.69, 9.17) is 0 Å². The molecule has 0 heterocycles. The zero-order valence-electron chi connectivity index (χ0n) is 9.82. The van der Waals surface area contributed by atoms with Crippen LogP contribution in [-0.2, 0) is 6.42 Å². The minimum atomic E-state index is 1.29. The van der Waals surface area contributed by atoms with Gasteiger partial charge in [-0.2, -0.15) is 0 Å². The van der Waals surface area contributed by atoms with Crippen LogP contribution in [0.4, 0.5) is 0 Å². The number of hydrogen-bond donors (Lipinski definition) is 0. The Hall–Kier alpha value is -1.56. The summed E-state index contributed by atoms with van der Waals surface area (Å²) in [6.45, 7) is 2.24. The van der Waals surface area contributed by atoms with Crippen LogP contribution in [0.5, 0.6) is 0 Å². The highest BCUT2D eigenvalue weighted by Crippen LogP contribution is 2.37. The molecule has 0 amide bonds. The summed E-state index contributed by atoms with van der Waals surface area (Å²) >= 11 is 0. The summed E-state index contributed by atoms with van der Waals surface area (Å²) in [5, 5.41) is 0. The number of unbranched alkanes of at least 4 members (excludes halogenated alkanes) is 1. The van der Waals surface area contributed by atoms with E-state index in [1.807, 2.05) is 36.4 Å². The van der Waals surface area contributed by atoms with E-state index in [0.717, 1.165) is 0 Å². The first-order chi connectivity index (χ1) is 7.92. The number of benzene rings is 2. The second kappa shape index (κ2) is 5.50. The molecule has 0 heteroatoms. The van der Waals surface area contributed by atoms with E-state index in [-0.39, 0.29) is 0 Å². The Morgan fingerprint density at radius 3 is 1.81 bits per heavy atom. The van der Waals surface area contributed by atoms with Crippen LogP contribution in [0.1, 0.15) is 25.3 Å². The zero-order chi connectivity index (χ0) is 11.2. The van der Waals surface area contributed by atoms with Crippen LogP contribution in [0.3, 0.4) is 0 Å². The van der Waals surface area contributed by atoms with Crippen LogP contribution in [-0.4, -0.2) is 0 Å². The van der Waals surface area contributed by atoms with Gasteiger partial charge in [-0.1, -0.05) is 67.9 Å². The standard InChI is InChI=1S/C10H12.C6H6/c1-2-3-4-8-7-9-5-6-10(8)9;1-2-4-6-5-3-1/h5-7H,2-4H2,1H3;1-6H. The van der Waals surface area contributed by atoms with Gasteiger partial charge in [0, 0.05) is 0 Å². The molecule has 2 aliphatic rings. The molecule has 3 rings (SSSR count). The Kier molecular flexibility index (Phi) is 3.76. The van der Waals surface area contributed by atoms with Crippen molar-refractivity contribution in [3.8, 4) is 11.1 Å². The monoisotopic (exact) mass is 210 g/mol. The first kappa shape index (κ1) is 10.9. The lowest BCUT2D eigenvalue weighted by atomic mass is 9.84. The molecule has 0 nitrogen and oxygen atoms in total. The maximum absolute atomic E-state index is 2.31. The van der Waals surface area contributed by atoms with Crippen LogP contribution in [0.2, 0.25) is 0 Å². The third-order valence-electron chi connectivity index (χ3n) is 2.88. The summed E-state index contributed by atoms with van der Waals surface area (Å²) in [4.78, 5) is 0. The van der Waals surface area contributed by atoms with Gasteiger partial charge in [0.15, 0.2) is 0 Å². The molecule has 2 aliphatic carbocycles. The highest BCUT2D eigenvalue weighted by Gasteiger charge is 2.14. The van der Waals surface area contributed by atoms with Gasteiger partial charge in [-0.3, -0.25) is 0 Å². The van der Waals surface area contributed by atoms with Crippen molar-refractivity contribution >= 4 is 0 Å². The highest BCUT2D eigenvalue weighted by atomic mass is 14.2. The molecule has 0 radical (unpaired) electrons. The summed E-state index contributed by atoms with van der Waals surface area (Å²) < 4.78 is 0. The molecule has 0 N–H and O–H groups in total. The minimum Gasteiger partial charge on any atom is -0.0654 e. The third kappa shape index (κ3) is 2.52. The average Bonchev–Trinajstić information content (AvgIpc) is 2.34. The van der Waals surface area contributed by atoms with Crippen molar-refractivity contribution in [2.45, 2.75) is 26.2 Å². The van der Waals surface area contributed by atoms with Gasteiger partial charge in [-0.05, 0) is 29.5 Å². The molecule has 0 aromatic heterocycles. The van der Waals surface area contributed by atoms with E-state index >= 15 is 0 Å². The van der Waals surface area contributed by atoms with Crippen LogP contribution in [0, 0.1) is 0 Å². The number of aryl methyl sites for hydroxylation is 1. The van der Waals surface area contributed by atoms with Crippen molar-refractivity contribution < 1.29 is 0 Å². The van der Waals surface area contributed by atoms with E-state index in [1.165, 1.54) is 30.4 Å². The van der Waals surface area contributed by atoms with Crippen molar-refractivity contribution in [2.24, 2.45) is 0 Å². The number of hydrogen-bond acceptors (Lipinski definition) is 0. The van der Waals surface area contributed by atoms with Gasteiger partial charge in [-0.15, -0.1) is 0 Å². The van der Waals surface area contributed by atoms with Gasteiger partial charge in [0.05, 0.1) is 0 Å². The fraction of sp³-hybridized carbons (Fsp3) is 0.250.